The predicted octanol–water partition coefficient (Wildman–Crippen LogP) is 0.912. The summed E-state index contributed by atoms with van der Waals surface area (Å²) in [6.07, 6.45) is 5.78. The molecule has 1 saturated carbocycles. The van der Waals surface area contributed by atoms with Crippen molar-refractivity contribution in [3.05, 3.63) is 0 Å². The number of aliphatic hydroxyl groups excluding tert-OH is 1. The van der Waals surface area contributed by atoms with Crippen molar-refractivity contribution in [3.63, 3.8) is 0 Å². The summed E-state index contributed by atoms with van der Waals surface area (Å²) in [5.74, 6) is 0.162. The van der Waals surface area contributed by atoms with Crippen molar-refractivity contribution in [2.75, 3.05) is 20.1 Å². The molecule has 1 heterocycles. The number of nitrogens with zero attached hydrogens (tertiary/aromatic N) is 1. The third kappa shape index (κ3) is 3.72. The Kier molecular flexibility index (Phi) is 5.40. The van der Waals surface area contributed by atoms with Crippen molar-refractivity contribution in [2.45, 2.75) is 51.0 Å². The van der Waals surface area contributed by atoms with Crippen LogP contribution in [0.5, 0.6) is 0 Å². The fraction of sp³-hybridized carbons (Fsp3) is 0.867. The minimum absolute atomic E-state index is 0.0280. The van der Waals surface area contributed by atoms with Gasteiger partial charge in [-0.3, -0.25) is 9.59 Å². The standard InChI is InChI=1S/C15H26N2O3/c1-16-15(20)12-6-4-8-17(10-12)14(19)9-11-5-2-3-7-13(11)18/h11-13,18H,2-10H2,1H3,(H,16,20)/t11-,12?,13+/m0/s1. The van der Waals surface area contributed by atoms with Crippen LogP contribution in [0.4, 0.5) is 0 Å². The Morgan fingerprint density at radius 3 is 2.65 bits per heavy atom. The summed E-state index contributed by atoms with van der Waals surface area (Å²) in [5, 5.41) is 12.6. The molecule has 0 radical (unpaired) electrons. The number of aliphatic hydroxyl groups is 1. The summed E-state index contributed by atoms with van der Waals surface area (Å²) in [6, 6.07) is 0. The first kappa shape index (κ1) is 15.3. The molecule has 0 aromatic carbocycles. The minimum Gasteiger partial charge on any atom is -0.393 e. The summed E-state index contributed by atoms with van der Waals surface area (Å²) in [7, 11) is 1.64. The molecule has 2 fully saturated rings. The molecule has 0 aromatic rings. The number of amides is 2. The molecule has 20 heavy (non-hydrogen) atoms. The number of nitrogens with one attached hydrogen (secondary N) is 1. The fourth-order valence-electron chi connectivity index (χ4n) is 3.40. The van der Waals surface area contributed by atoms with Gasteiger partial charge in [0.25, 0.3) is 0 Å². The lowest BCUT2D eigenvalue weighted by atomic mass is 9.84. The van der Waals surface area contributed by atoms with Crippen LogP contribution in [0.2, 0.25) is 0 Å². The van der Waals surface area contributed by atoms with E-state index in [0.717, 1.165) is 45.1 Å². The van der Waals surface area contributed by atoms with E-state index >= 15 is 0 Å². The number of carbonyl (C=O) groups is 2. The highest BCUT2D eigenvalue weighted by atomic mass is 16.3. The van der Waals surface area contributed by atoms with Crippen molar-refractivity contribution in [2.24, 2.45) is 11.8 Å². The van der Waals surface area contributed by atoms with Gasteiger partial charge in [0.2, 0.25) is 11.8 Å². The van der Waals surface area contributed by atoms with Crippen LogP contribution in [0.3, 0.4) is 0 Å². The van der Waals surface area contributed by atoms with E-state index in [2.05, 4.69) is 5.32 Å². The lowest BCUT2D eigenvalue weighted by Crippen LogP contribution is -2.45. The highest BCUT2D eigenvalue weighted by molar-refractivity contribution is 5.81. The molecular formula is C15H26N2O3. The van der Waals surface area contributed by atoms with Crippen LogP contribution in [0, 0.1) is 11.8 Å². The van der Waals surface area contributed by atoms with Gasteiger partial charge in [-0.25, -0.2) is 0 Å². The van der Waals surface area contributed by atoms with Crippen molar-refractivity contribution in [3.8, 4) is 0 Å². The Labute approximate surface area is 120 Å². The number of rotatable bonds is 3. The number of hydrogen-bond donors (Lipinski definition) is 2. The lowest BCUT2D eigenvalue weighted by Gasteiger charge is -2.34. The predicted molar refractivity (Wildman–Crippen MR) is 76.0 cm³/mol. The third-order valence-corrected chi connectivity index (χ3v) is 4.70. The van der Waals surface area contributed by atoms with Crippen molar-refractivity contribution in [1.82, 2.24) is 10.2 Å². The Morgan fingerprint density at radius 1 is 1.20 bits per heavy atom. The van der Waals surface area contributed by atoms with E-state index in [1.807, 2.05) is 4.90 Å². The van der Waals surface area contributed by atoms with Crippen LogP contribution in [0.25, 0.3) is 0 Å². The highest BCUT2D eigenvalue weighted by Gasteiger charge is 2.31. The highest BCUT2D eigenvalue weighted by Crippen LogP contribution is 2.28. The quantitative estimate of drug-likeness (QED) is 0.808. The van der Waals surface area contributed by atoms with Crippen LogP contribution < -0.4 is 5.32 Å². The second kappa shape index (κ2) is 7.07. The van der Waals surface area contributed by atoms with E-state index in [-0.39, 0.29) is 29.8 Å². The van der Waals surface area contributed by atoms with E-state index in [4.69, 9.17) is 0 Å². The zero-order valence-electron chi connectivity index (χ0n) is 12.3. The molecule has 0 bridgehead atoms. The molecule has 2 amide bonds. The Bertz CT molecular complexity index is 359. The van der Waals surface area contributed by atoms with Gasteiger partial charge in [-0.1, -0.05) is 12.8 Å². The smallest absolute Gasteiger partial charge is 0.224 e. The van der Waals surface area contributed by atoms with Gasteiger partial charge in [-0.2, -0.15) is 0 Å². The maximum absolute atomic E-state index is 12.4. The van der Waals surface area contributed by atoms with Crippen molar-refractivity contribution < 1.29 is 14.7 Å². The SMILES string of the molecule is CNC(=O)C1CCCN(C(=O)C[C@@H]2CCCC[C@H]2O)C1. The van der Waals surface area contributed by atoms with Crippen molar-refractivity contribution >= 4 is 11.8 Å². The Hall–Kier alpha value is -1.10. The Balaban J connectivity index is 1.86. The molecule has 0 spiro atoms. The first-order valence-corrected chi connectivity index (χ1v) is 7.79. The van der Waals surface area contributed by atoms with Crippen LogP contribution in [0.1, 0.15) is 44.9 Å². The molecule has 5 heteroatoms. The molecule has 1 aliphatic heterocycles. The molecule has 2 N–H and O–H groups in total. The molecule has 1 unspecified atom stereocenters. The monoisotopic (exact) mass is 282 g/mol. The minimum atomic E-state index is -0.327. The number of hydrogen-bond acceptors (Lipinski definition) is 3. The van der Waals surface area contributed by atoms with Crippen molar-refractivity contribution in [1.29, 1.82) is 0 Å². The normalized spacial score (nSPS) is 30.9. The first-order valence-electron chi connectivity index (χ1n) is 7.79. The second-order valence-electron chi connectivity index (χ2n) is 6.11. The molecule has 1 saturated heterocycles. The molecule has 3 atom stereocenters. The summed E-state index contributed by atoms with van der Waals surface area (Å²) < 4.78 is 0. The van der Waals surface area contributed by atoms with E-state index in [9.17, 15) is 14.7 Å². The van der Waals surface area contributed by atoms with Gasteiger partial charge in [-0.15, -0.1) is 0 Å². The average molecular weight is 282 g/mol. The first-order chi connectivity index (χ1) is 9.61. The van der Waals surface area contributed by atoms with Gasteiger partial charge < -0.3 is 15.3 Å². The maximum atomic E-state index is 12.4. The van der Waals surface area contributed by atoms with Crippen LogP contribution in [-0.4, -0.2) is 48.1 Å². The van der Waals surface area contributed by atoms with E-state index < -0.39 is 0 Å². The Morgan fingerprint density at radius 2 is 1.95 bits per heavy atom. The lowest BCUT2D eigenvalue weighted by molar-refractivity contribution is -0.137. The van der Waals surface area contributed by atoms with Gasteiger partial charge in [0.05, 0.1) is 12.0 Å². The van der Waals surface area contributed by atoms with Crippen LogP contribution >= 0.6 is 0 Å². The molecule has 2 aliphatic rings. The molecule has 1 aliphatic carbocycles. The molecule has 2 rings (SSSR count). The summed E-state index contributed by atoms with van der Waals surface area (Å²) in [4.78, 5) is 25.8. The third-order valence-electron chi connectivity index (χ3n) is 4.70. The second-order valence-corrected chi connectivity index (χ2v) is 6.11. The van der Waals surface area contributed by atoms with Crippen LogP contribution in [0.15, 0.2) is 0 Å². The van der Waals surface area contributed by atoms with E-state index in [0.29, 0.717) is 13.0 Å². The van der Waals surface area contributed by atoms with Gasteiger partial charge in [0.15, 0.2) is 0 Å². The summed E-state index contributed by atoms with van der Waals surface area (Å²) in [5.41, 5.74) is 0. The number of piperidine rings is 1. The zero-order chi connectivity index (χ0) is 14.5. The van der Waals surface area contributed by atoms with Gasteiger partial charge in [-0.05, 0) is 31.6 Å². The molecule has 0 aromatic heterocycles. The van der Waals surface area contributed by atoms with Gasteiger partial charge >= 0.3 is 0 Å². The van der Waals surface area contributed by atoms with Crippen LogP contribution in [-0.2, 0) is 9.59 Å². The fourth-order valence-corrected chi connectivity index (χ4v) is 3.40. The molecule has 114 valence electrons. The molecular weight excluding hydrogens is 256 g/mol. The summed E-state index contributed by atoms with van der Waals surface area (Å²) >= 11 is 0. The van der Waals surface area contributed by atoms with Gasteiger partial charge in [0, 0.05) is 26.6 Å². The number of carbonyl (C=O) groups excluding carboxylic acids is 2. The van der Waals surface area contributed by atoms with Gasteiger partial charge in [0.1, 0.15) is 0 Å². The van der Waals surface area contributed by atoms with E-state index in [1.165, 1.54) is 0 Å². The topological polar surface area (TPSA) is 69.6 Å². The zero-order valence-corrected chi connectivity index (χ0v) is 12.3. The largest absolute Gasteiger partial charge is 0.393 e. The maximum Gasteiger partial charge on any atom is 0.224 e. The number of likely N-dealkylation sites (tertiary alicyclic amines) is 1. The molecule has 5 nitrogen and oxygen atoms in total. The average Bonchev–Trinajstić information content (AvgIpc) is 2.49. The van der Waals surface area contributed by atoms with E-state index in [1.54, 1.807) is 7.05 Å². The summed E-state index contributed by atoms with van der Waals surface area (Å²) in [6.45, 7) is 1.27.